The topological polar surface area (TPSA) is 57.5 Å². The molecular formula is C15H16O3S. The highest BCUT2D eigenvalue weighted by Crippen LogP contribution is 2.37. The summed E-state index contributed by atoms with van der Waals surface area (Å²) in [4.78, 5) is 0.239. The van der Waals surface area contributed by atoms with Crippen molar-refractivity contribution in [2.24, 2.45) is 0 Å². The van der Waals surface area contributed by atoms with Crippen LogP contribution in [-0.4, -0.2) is 14.4 Å². The number of allylic oxidation sites excluding steroid dienone is 1. The van der Waals surface area contributed by atoms with Gasteiger partial charge < -0.3 is 10.2 Å². The molecule has 0 heterocycles. The first kappa shape index (κ1) is 13.6. The van der Waals surface area contributed by atoms with E-state index >= 15 is 0 Å². The van der Waals surface area contributed by atoms with Crippen LogP contribution in [0.25, 0.3) is 10.8 Å². The zero-order chi connectivity index (χ0) is 13.8. The van der Waals surface area contributed by atoms with Crippen LogP contribution in [0.3, 0.4) is 0 Å². The van der Waals surface area contributed by atoms with Gasteiger partial charge in [0.2, 0.25) is 0 Å². The normalized spacial score (nSPS) is 13.1. The Bertz CT molecular complexity index is 647. The summed E-state index contributed by atoms with van der Waals surface area (Å²) in [6.07, 6.45) is 3.64. The highest BCUT2D eigenvalue weighted by atomic mass is 32.2. The van der Waals surface area contributed by atoms with Crippen LogP contribution in [-0.2, 0) is 10.8 Å². The van der Waals surface area contributed by atoms with Crippen molar-refractivity contribution in [3.05, 3.63) is 41.8 Å². The van der Waals surface area contributed by atoms with E-state index < -0.39 is 10.8 Å². The van der Waals surface area contributed by atoms with Gasteiger partial charge in [0, 0.05) is 22.2 Å². The predicted molar refractivity (Wildman–Crippen MR) is 77.7 cm³/mol. The average molecular weight is 276 g/mol. The van der Waals surface area contributed by atoms with E-state index in [1.54, 1.807) is 29.7 Å². The lowest BCUT2D eigenvalue weighted by molar-refractivity contribution is 0.457. The van der Waals surface area contributed by atoms with Gasteiger partial charge in [0.15, 0.2) is 0 Å². The van der Waals surface area contributed by atoms with E-state index in [1.807, 2.05) is 13.0 Å². The van der Waals surface area contributed by atoms with Crippen molar-refractivity contribution in [3.8, 4) is 11.5 Å². The second kappa shape index (κ2) is 5.89. The fourth-order valence-electron chi connectivity index (χ4n) is 1.86. The molecule has 1 atom stereocenters. The number of hydrogen-bond acceptors (Lipinski definition) is 3. The molecule has 1 unspecified atom stereocenters. The highest BCUT2D eigenvalue weighted by molar-refractivity contribution is 7.88. The van der Waals surface area contributed by atoms with Crippen LogP contribution >= 0.6 is 0 Å². The highest BCUT2D eigenvalue weighted by Gasteiger charge is 2.13. The number of rotatable bonds is 4. The molecule has 0 fully saturated rings. The minimum absolute atomic E-state index is 0.0284. The van der Waals surface area contributed by atoms with Gasteiger partial charge in [-0.3, -0.25) is 0 Å². The van der Waals surface area contributed by atoms with Crippen molar-refractivity contribution in [2.75, 3.05) is 0 Å². The van der Waals surface area contributed by atoms with Gasteiger partial charge in [0.1, 0.15) is 11.5 Å². The van der Waals surface area contributed by atoms with Crippen molar-refractivity contribution >= 4 is 21.6 Å². The van der Waals surface area contributed by atoms with Gasteiger partial charge >= 0.3 is 0 Å². The molecule has 2 N–H and O–H groups in total. The third-order valence-electron chi connectivity index (χ3n) is 2.85. The first-order valence-corrected chi connectivity index (χ1v) is 7.37. The number of fused-ring (bicyclic) bond motifs is 1. The van der Waals surface area contributed by atoms with Crippen LogP contribution in [0.1, 0.15) is 19.8 Å². The second-order valence-electron chi connectivity index (χ2n) is 4.25. The maximum absolute atomic E-state index is 12.1. The van der Waals surface area contributed by atoms with Gasteiger partial charge in [-0.25, -0.2) is 4.21 Å². The largest absolute Gasteiger partial charge is 0.507 e. The molecular weight excluding hydrogens is 260 g/mol. The fourth-order valence-corrected chi connectivity index (χ4v) is 2.85. The van der Waals surface area contributed by atoms with Crippen LogP contribution in [0, 0.1) is 0 Å². The fraction of sp³-hybridized carbons (Fsp3) is 0.200. The van der Waals surface area contributed by atoms with E-state index in [0.717, 1.165) is 12.8 Å². The van der Waals surface area contributed by atoms with Crippen molar-refractivity contribution < 1.29 is 14.4 Å². The molecule has 0 aliphatic carbocycles. The molecule has 2 aromatic carbocycles. The predicted octanol–water partition coefficient (Wildman–Crippen LogP) is 3.67. The Morgan fingerprint density at radius 3 is 2.58 bits per heavy atom. The number of benzene rings is 2. The van der Waals surface area contributed by atoms with E-state index in [-0.39, 0.29) is 16.4 Å². The smallest absolute Gasteiger partial charge is 0.140 e. The van der Waals surface area contributed by atoms with E-state index in [1.165, 1.54) is 6.07 Å². The zero-order valence-corrected chi connectivity index (χ0v) is 11.5. The van der Waals surface area contributed by atoms with Gasteiger partial charge in [-0.15, -0.1) is 0 Å². The molecule has 0 aliphatic rings. The summed E-state index contributed by atoms with van der Waals surface area (Å²) in [7, 11) is -1.45. The molecule has 0 saturated heterocycles. The molecule has 0 amide bonds. The summed E-state index contributed by atoms with van der Waals surface area (Å²) in [5.41, 5.74) is 0. The van der Waals surface area contributed by atoms with E-state index in [9.17, 15) is 14.4 Å². The number of phenols is 2. The van der Waals surface area contributed by atoms with E-state index in [4.69, 9.17) is 0 Å². The standard InChI is InChI=1S/C15H16O3S/c1-2-3-6-9-19(18)14-10-13(16)11-7-4-5-8-12(11)15(14)17/h4-10,16-17H,2-3H2,1H3/b9-6+. The average Bonchev–Trinajstić information content (AvgIpc) is 2.43. The SMILES string of the molecule is CCC/C=C/S(=O)c1cc(O)c2ccccc2c1O. The first-order chi connectivity index (χ1) is 9.15. The van der Waals surface area contributed by atoms with Crippen LogP contribution in [0.15, 0.2) is 46.7 Å². The third kappa shape index (κ3) is 2.79. The molecule has 0 radical (unpaired) electrons. The second-order valence-corrected chi connectivity index (χ2v) is 5.55. The summed E-state index contributed by atoms with van der Waals surface area (Å²) in [6, 6.07) is 8.31. The molecule has 0 aliphatic heterocycles. The van der Waals surface area contributed by atoms with E-state index in [0.29, 0.717) is 10.8 Å². The Kier molecular flexibility index (Phi) is 4.22. The summed E-state index contributed by atoms with van der Waals surface area (Å²) in [5, 5.41) is 22.7. The van der Waals surface area contributed by atoms with Crippen LogP contribution < -0.4 is 0 Å². The Balaban J connectivity index is 2.50. The summed E-state index contributed by atoms with van der Waals surface area (Å²) >= 11 is 0. The molecule has 0 aromatic heterocycles. The summed E-state index contributed by atoms with van der Waals surface area (Å²) in [5.74, 6) is -0.00600. The van der Waals surface area contributed by atoms with Crippen LogP contribution in [0.4, 0.5) is 0 Å². The third-order valence-corrected chi connectivity index (χ3v) is 4.04. The van der Waals surface area contributed by atoms with Gasteiger partial charge in [0.25, 0.3) is 0 Å². The molecule has 0 saturated carbocycles. The maximum Gasteiger partial charge on any atom is 0.140 e. The van der Waals surface area contributed by atoms with Gasteiger partial charge in [-0.1, -0.05) is 43.7 Å². The lowest BCUT2D eigenvalue weighted by Gasteiger charge is -2.08. The van der Waals surface area contributed by atoms with E-state index in [2.05, 4.69) is 0 Å². The van der Waals surface area contributed by atoms with Gasteiger partial charge in [-0.05, 0) is 6.42 Å². The zero-order valence-electron chi connectivity index (χ0n) is 10.7. The number of aromatic hydroxyl groups is 2. The van der Waals surface area contributed by atoms with Gasteiger partial charge in [0.05, 0.1) is 15.7 Å². The lowest BCUT2D eigenvalue weighted by atomic mass is 10.1. The molecule has 19 heavy (non-hydrogen) atoms. The van der Waals surface area contributed by atoms with Crippen LogP contribution in [0.2, 0.25) is 0 Å². The van der Waals surface area contributed by atoms with Gasteiger partial charge in [-0.2, -0.15) is 0 Å². The Morgan fingerprint density at radius 2 is 1.89 bits per heavy atom. The molecule has 3 nitrogen and oxygen atoms in total. The quantitative estimate of drug-likeness (QED) is 0.838. The number of hydrogen-bond donors (Lipinski definition) is 2. The van der Waals surface area contributed by atoms with Crippen molar-refractivity contribution in [1.29, 1.82) is 0 Å². The molecule has 2 rings (SSSR count). The minimum Gasteiger partial charge on any atom is -0.507 e. The Hall–Kier alpha value is -1.81. The molecule has 2 aromatic rings. The van der Waals surface area contributed by atoms with Crippen molar-refractivity contribution in [3.63, 3.8) is 0 Å². The Morgan fingerprint density at radius 1 is 1.21 bits per heavy atom. The lowest BCUT2D eigenvalue weighted by Crippen LogP contribution is -1.89. The summed E-state index contributed by atoms with van der Waals surface area (Å²) < 4.78 is 12.1. The minimum atomic E-state index is -1.45. The number of unbranched alkanes of at least 4 members (excludes halogenated alkanes) is 1. The molecule has 4 heteroatoms. The summed E-state index contributed by atoms with van der Waals surface area (Å²) in [6.45, 7) is 2.03. The first-order valence-electron chi connectivity index (χ1n) is 6.16. The molecule has 0 bridgehead atoms. The van der Waals surface area contributed by atoms with Crippen molar-refractivity contribution in [2.45, 2.75) is 24.7 Å². The van der Waals surface area contributed by atoms with Crippen LogP contribution in [0.5, 0.6) is 11.5 Å². The van der Waals surface area contributed by atoms with Crippen molar-refractivity contribution in [1.82, 2.24) is 0 Å². The number of phenolic OH excluding ortho intramolecular Hbond substituents is 2. The Labute approximate surface area is 114 Å². The molecule has 100 valence electrons. The molecule has 0 spiro atoms. The maximum atomic E-state index is 12.1. The monoisotopic (exact) mass is 276 g/mol.